The summed E-state index contributed by atoms with van der Waals surface area (Å²) in [6.07, 6.45) is 1.48. The summed E-state index contributed by atoms with van der Waals surface area (Å²) < 4.78 is 13.1. The standard InChI is InChI=1S/C10H7FN2OS2/c11-8-3-1-7(2-4-8)5-12-13-9(14)6-16-10(13)15/h1-5H,6H2/b12-5+. The number of nitrogens with zero attached hydrogens (tertiary/aromatic N) is 2. The fourth-order valence-corrected chi connectivity index (χ4v) is 2.10. The normalized spacial score (nSPS) is 16.4. The molecule has 1 aromatic carbocycles. The molecule has 1 aliphatic rings. The Hall–Kier alpha value is -1.27. The van der Waals surface area contributed by atoms with Crippen molar-refractivity contribution in [2.24, 2.45) is 5.10 Å². The van der Waals surface area contributed by atoms with E-state index in [0.29, 0.717) is 15.6 Å². The van der Waals surface area contributed by atoms with Crippen LogP contribution in [0.15, 0.2) is 29.4 Å². The molecule has 1 amide bonds. The molecule has 0 unspecified atom stereocenters. The molecule has 0 N–H and O–H groups in total. The number of carbonyl (C=O) groups is 1. The molecule has 3 nitrogen and oxygen atoms in total. The van der Waals surface area contributed by atoms with Gasteiger partial charge >= 0.3 is 0 Å². The summed E-state index contributed by atoms with van der Waals surface area (Å²) in [5, 5.41) is 5.14. The van der Waals surface area contributed by atoms with Gasteiger partial charge in [-0.05, 0) is 17.7 Å². The molecule has 1 aliphatic heterocycles. The van der Waals surface area contributed by atoms with Crippen molar-refractivity contribution in [1.29, 1.82) is 0 Å². The number of thiocarbonyl (C=S) groups is 1. The first kappa shape index (κ1) is 11.2. The molecule has 0 spiro atoms. The van der Waals surface area contributed by atoms with E-state index in [1.54, 1.807) is 12.1 Å². The zero-order chi connectivity index (χ0) is 11.5. The molecule has 1 saturated heterocycles. The molecule has 1 fully saturated rings. The second-order valence-corrected chi connectivity index (χ2v) is 4.67. The average molecular weight is 254 g/mol. The minimum atomic E-state index is -0.305. The topological polar surface area (TPSA) is 32.7 Å². The van der Waals surface area contributed by atoms with Crippen molar-refractivity contribution in [2.75, 3.05) is 5.75 Å². The number of thioether (sulfide) groups is 1. The van der Waals surface area contributed by atoms with Crippen LogP contribution in [0.1, 0.15) is 5.56 Å². The maximum atomic E-state index is 12.6. The molecule has 2 rings (SSSR count). The Labute approximate surface area is 101 Å². The maximum Gasteiger partial charge on any atom is 0.259 e. The van der Waals surface area contributed by atoms with E-state index in [4.69, 9.17) is 12.2 Å². The molecule has 16 heavy (non-hydrogen) atoms. The van der Waals surface area contributed by atoms with Crippen molar-refractivity contribution < 1.29 is 9.18 Å². The number of hydrogen-bond donors (Lipinski definition) is 0. The van der Waals surface area contributed by atoms with Crippen LogP contribution in [0.5, 0.6) is 0 Å². The molecular weight excluding hydrogens is 247 g/mol. The van der Waals surface area contributed by atoms with Crippen LogP contribution in [0.4, 0.5) is 4.39 Å². The van der Waals surface area contributed by atoms with Crippen LogP contribution in [-0.4, -0.2) is 27.2 Å². The second kappa shape index (κ2) is 4.71. The van der Waals surface area contributed by atoms with Gasteiger partial charge in [-0.15, -0.1) is 0 Å². The third kappa shape index (κ3) is 2.45. The van der Waals surface area contributed by atoms with E-state index >= 15 is 0 Å². The smallest absolute Gasteiger partial charge is 0.259 e. The van der Waals surface area contributed by atoms with Crippen LogP contribution in [0.2, 0.25) is 0 Å². The number of hydrazone groups is 1. The van der Waals surface area contributed by atoms with Crippen molar-refractivity contribution in [2.45, 2.75) is 0 Å². The van der Waals surface area contributed by atoms with Gasteiger partial charge < -0.3 is 0 Å². The highest BCUT2D eigenvalue weighted by atomic mass is 32.2. The Bertz CT molecular complexity index is 442. The summed E-state index contributed by atoms with van der Waals surface area (Å²) in [6, 6.07) is 5.82. The summed E-state index contributed by atoms with van der Waals surface area (Å²) in [5.74, 6) is -0.103. The lowest BCUT2D eigenvalue weighted by Gasteiger charge is -2.05. The summed E-state index contributed by atoms with van der Waals surface area (Å²) in [6.45, 7) is 0. The lowest BCUT2D eigenvalue weighted by atomic mass is 10.2. The van der Waals surface area contributed by atoms with Crippen LogP contribution in [-0.2, 0) is 4.79 Å². The van der Waals surface area contributed by atoms with Crippen LogP contribution >= 0.6 is 24.0 Å². The Kier molecular flexibility index (Phi) is 3.31. The maximum absolute atomic E-state index is 12.6. The van der Waals surface area contributed by atoms with Crippen molar-refractivity contribution in [3.05, 3.63) is 35.6 Å². The first-order valence-electron chi connectivity index (χ1n) is 4.46. The van der Waals surface area contributed by atoms with Gasteiger partial charge in [-0.1, -0.05) is 36.1 Å². The van der Waals surface area contributed by atoms with Gasteiger partial charge in [-0.2, -0.15) is 10.1 Å². The number of amides is 1. The summed E-state index contributed by atoms with van der Waals surface area (Å²) in [4.78, 5) is 11.3. The zero-order valence-corrected chi connectivity index (χ0v) is 9.72. The van der Waals surface area contributed by atoms with Crippen LogP contribution in [0, 0.1) is 5.82 Å². The highest BCUT2D eigenvalue weighted by Gasteiger charge is 2.25. The van der Waals surface area contributed by atoms with E-state index in [1.807, 2.05) is 0 Å². The number of benzene rings is 1. The predicted octanol–water partition coefficient (Wildman–Crippen LogP) is 2.02. The molecule has 6 heteroatoms. The lowest BCUT2D eigenvalue weighted by Crippen LogP contribution is -2.22. The fraction of sp³-hybridized carbons (Fsp3) is 0.100. The molecule has 0 radical (unpaired) electrons. The number of hydrogen-bond acceptors (Lipinski definition) is 4. The molecule has 0 bridgehead atoms. The fourth-order valence-electron chi connectivity index (χ4n) is 1.13. The number of carbonyl (C=O) groups excluding carboxylic acids is 1. The van der Waals surface area contributed by atoms with Gasteiger partial charge in [-0.3, -0.25) is 4.79 Å². The van der Waals surface area contributed by atoms with Crippen LogP contribution < -0.4 is 0 Å². The zero-order valence-electron chi connectivity index (χ0n) is 8.09. The number of halogens is 1. The van der Waals surface area contributed by atoms with Crippen LogP contribution in [0.3, 0.4) is 0 Å². The Morgan fingerprint density at radius 1 is 1.44 bits per heavy atom. The first-order chi connectivity index (χ1) is 7.66. The Morgan fingerprint density at radius 3 is 2.69 bits per heavy atom. The van der Waals surface area contributed by atoms with E-state index in [2.05, 4.69) is 5.10 Å². The minimum absolute atomic E-state index is 0.131. The molecule has 82 valence electrons. The largest absolute Gasteiger partial charge is 0.272 e. The first-order valence-corrected chi connectivity index (χ1v) is 5.85. The Balaban J connectivity index is 2.12. The molecular formula is C10H7FN2OS2. The third-order valence-electron chi connectivity index (χ3n) is 1.92. The van der Waals surface area contributed by atoms with E-state index < -0.39 is 0 Å². The van der Waals surface area contributed by atoms with Gasteiger partial charge in [0.05, 0.1) is 12.0 Å². The van der Waals surface area contributed by atoms with Gasteiger partial charge in [0.1, 0.15) is 5.82 Å². The second-order valence-electron chi connectivity index (χ2n) is 3.06. The van der Waals surface area contributed by atoms with Crippen molar-refractivity contribution >= 4 is 40.4 Å². The number of rotatable bonds is 2. The monoisotopic (exact) mass is 254 g/mol. The van der Waals surface area contributed by atoms with Crippen molar-refractivity contribution in [1.82, 2.24) is 5.01 Å². The van der Waals surface area contributed by atoms with Crippen LogP contribution in [0.25, 0.3) is 0 Å². The average Bonchev–Trinajstić information content (AvgIpc) is 2.59. The molecule has 0 aliphatic carbocycles. The summed E-state index contributed by atoms with van der Waals surface area (Å²) >= 11 is 6.23. The summed E-state index contributed by atoms with van der Waals surface area (Å²) in [5.41, 5.74) is 0.717. The van der Waals surface area contributed by atoms with Crippen molar-refractivity contribution in [3.8, 4) is 0 Å². The third-order valence-corrected chi connectivity index (χ3v) is 3.26. The van der Waals surface area contributed by atoms with Gasteiger partial charge in [0, 0.05) is 0 Å². The predicted molar refractivity (Wildman–Crippen MR) is 65.9 cm³/mol. The van der Waals surface area contributed by atoms with Crippen molar-refractivity contribution in [3.63, 3.8) is 0 Å². The van der Waals surface area contributed by atoms with E-state index in [9.17, 15) is 9.18 Å². The quantitative estimate of drug-likeness (QED) is 0.598. The molecule has 1 aromatic rings. The highest BCUT2D eigenvalue weighted by Crippen LogP contribution is 2.19. The van der Waals surface area contributed by atoms with Gasteiger partial charge in [0.2, 0.25) is 0 Å². The molecule has 0 saturated carbocycles. The van der Waals surface area contributed by atoms with Gasteiger partial charge in [0.25, 0.3) is 5.91 Å². The molecule has 0 aromatic heterocycles. The van der Waals surface area contributed by atoms with E-state index in [1.165, 1.54) is 35.1 Å². The molecule has 1 heterocycles. The van der Waals surface area contributed by atoms with E-state index in [0.717, 1.165) is 0 Å². The van der Waals surface area contributed by atoms with E-state index in [-0.39, 0.29) is 11.7 Å². The lowest BCUT2D eigenvalue weighted by molar-refractivity contribution is -0.123. The Morgan fingerprint density at radius 2 is 2.12 bits per heavy atom. The van der Waals surface area contributed by atoms with Gasteiger partial charge in [0.15, 0.2) is 4.32 Å². The molecule has 0 atom stereocenters. The summed E-state index contributed by atoms with van der Waals surface area (Å²) in [7, 11) is 0. The highest BCUT2D eigenvalue weighted by molar-refractivity contribution is 8.23. The van der Waals surface area contributed by atoms with Gasteiger partial charge in [-0.25, -0.2) is 4.39 Å². The minimum Gasteiger partial charge on any atom is -0.272 e. The SMILES string of the molecule is O=C1CSC(=S)N1/N=C/c1ccc(F)cc1.